The molecule has 4 nitrogen and oxygen atoms in total. The van der Waals surface area contributed by atoms with E-state index < -0.39 is 0 Å². The number of nitrogens with zero attached hydrogens (tertiary/aromatic N) is 2. The van der Waals surface area contributed by atoms with Gasteiger partial charge >= 0.3 is 0 Å². The van der Waals surface area contributed by atoms with E-state index in [1.54, 1.807) is 0 Å². The first kappa shape index (κ1) is 14.3. The van der Waals surface area contributed by atoms with Crippen molar-refractivity contribution in [2.24, 2.45) is 0 Å². The van der Waals surface area contributed by atoms with Gasteiger partial charge in [-0.15, -0.1) is 0 Å². The number of hydrogen-bond acceptors (Lipinski definition) is 4. The highest BCUT2D eigenvalue weighted by Crippen LogP contribution is 2.21. The van der Waals surface area contributed by atoms with Crippen molar-refractivity contribution in [3.63, 3.8) is 0 Å². The van der Waals surface area contributed by atoms with Crippen LogP contribution in [0.1, 0.15) is 33.1 Å². The minimum Gasteiger partial charge on any atom is -0.396 e. The molecule has 19 heavy (non-hydrogen) atoms. The summed E-state index contributed by atoms with van der Waals surface area (Å²) in [6.45, 7) is 6.74. The molecule has 0 aromatic carbocycles. The van der Waals surface area contributed by atoms with Crippen molar-refractivity contribution in [2.75, 3.05) is 24.6 Å². The Morgan fingerprint density at radius 2 is 1.95 bits per heavy atom. The zero-order chi connectivity index (χ0) is 13.7. The van der Waals surface area contributed by atoms with Crippen LogP contribution >= 0.6 is 0 Å². The lowest BCUT2D eigenvalue weighted by atomic mass is 9.96. The van der Waals surface area contributed by atoms with Gasteiger partial charge in [0.25, 0.3) is 0 Å². The first-order chi connectivity index (χ1) is 9.11. The summed E-state index contributed by atoms with van der Waals surface area (Å²) in [7, 11) is 0. The van der Waals surface area contributed by atoms with Gasteiger partial charge in [0, 0.05) is 49.4 Å². The van der Waals surface area contributed by atoms with Crippen LogP contribution in [0.5, 0.6) is 0 Å². The van der Waals surface area contributed by atoms with Gasteiger partial charge in [-0.2, -0.15) is 0 Å². The number of piperidine rings is 1. The average Bonchev–Trinajstić information content (AvgIpc) is 2.40. The quantitative estimate of drug-likeness (QED) is 0.850. The van der Waals surface area contributed by atoms with E-state index in [9.17, 15) is 0 Å². The predicted molar refractivity (Wildman–Crippen MR) is 78.4 cm³/mol. The number of aliphatic hydroxyl groups is 1. The Hall–Kier alpha value is -1.13. The molecular formula is C15H25N3O. The van der Waals surface area contributed by atoms with E-state index in [2.05, 4.69) is 41.2 Å². The third kappa shape index (κ3) is 4.18. The average molecular weight is 263 g/mol. The lowest BCUT2D eigenvalue weighted by molar-refractivity contribution is 0.210. The SMILES string of the molecule is CC(C)(CCO)NC1CCN(c2ccncc2)CC1. The lowest BCUT2D eigenvalue weighted by Crippen LogP contribution is -2.51. The maximum Gasteiger partial charge on any atom is 0.0448 e. The molecule has 1 fully saturated rings. The van der Waals surface area contributed by atoms with Crippen LogP contribution in [0.4, 0.5) is 5.69 Å². The third-order valence-corrected chi connectivity index (χ3v) is 3.85. The second-order valence-electron chi connectivity index (χ2n) is 5.97. The molecule has 2 heterocycles. The molecule has 0 atom stereocenters. The van der Waals surface area contributed by atoms with Crippen molar-refractivity contribution >= 4 is 5.69 Å². The molecule has 0 bridgehead atoms. The van der Waals surface area contributed by atoms with Gasteiger partial charge in [-0.1, -0.05) is 0 Å². The summed E-state index contributed by atoms with van der Waals surface area (Å²) in [4.78, 5) is 6.48. The molecular weight excluding hydrogens is 238 g/mol. The molecule has 0 aliphatic carbocycles. The molecule has 4 heteroatoms. The van der Waals surface area contributed by atoms with Crippen molar-refractivity contribution in [3.8, 4) is 0 Å². The summed E-state index contributed by atoms with van der Waals surface area (Å²) >= 11 is 0. The lowest BCUT2D eigenvalue weighted by Gasteiger charge is -2.38. The van der Waals surface area contributed by atoms with Gasteiger partial charge < -0.3 is 15.3 Å². The first-order valence-electron chi connectivity index (χ1n) is 7.14. The Morgan fingerprint density at radius 3 is 2.53 bits per heavy atom. The topological polar surface area (TPSA) is 48.4 Å². The monoisotopic (exact) mass is 263 g/mol. The molecule has 1 aliphatic heterocycles. The number of pyridine rings is 1. The smallest absolute Gasteiger partial charge is 0.0448 e. The number of hydrogen-bond donors (Lipinski definition) is 2. The second-order valence-corrected chi connectivity index (χ2v) is 5.97. The van der Waals surface area contributed by atoms with Crippen LogP contribution in [0.15, 0.2) is 24.5 Å². The largest absolute Gasteiger partial charge is 0.396 e. The summed E-state index contributed by atoms with van der Waals surface area (Å²) in [5.74, 6) is 0. The summed E-state index contributed by atoms with van der Waals surface area (Å²) in [6.07, 6.45) is 6.81. The fourth-order valence-electron chi connectivity index (χ4n) is 2.74. The highest BCUT2D eigenvalue weighted by atomic mass is 16.3. The Morgan fingerprint density at radius 1 is 1.32 bits per heavy atom. The van der Waals surface area contributed by atoms with Crippen molar-refractivity contribution in [2.45, 2.75) is 44.7 Å². The summed E-state index contributed by atoms with van der Waals surface area (Å²) in [5, 5.41) is 12.7. The van der Waals surface area contributed by atoms with Crippen LogP contribution in [0.2, 0.25) is 0 Å². The molecule has 106 valence electrons. The van der Waals surface area contributed by atoms with E-state index in [1.165, 1.54) is 5.69 Å². The third-order valence-electron chi connectivity index (χ3n) is 3.85. The number of rotatable bonds is 5. The highest BCUT2D eigenvalue weighted by Gasteiger charge is 2.25. The van der Waals surface area contributed by atoms with E-state index in [0.717, 1.165) is 32.4 Å². The number of nitrogens with one attached hydrogen (secondary N) is 1. The minimum atomic E-state index is 0.0260. The summed E-state index contributed by atoms with van der Waals surface area (Å²) in [6, 6.07) is 4.70. The molecule has 1 saturated heterocycles. The minimum absolute atomic E-state index is 0.0260. The van der Waals surface area contributed by atoms with Gasteiger partial charge in [0.15, 0.2) is 0 Å². The van der Waals surface area contributed by atoms with E-state index >= 15 is 0 Å². The van der Waals surface area contributed by atoms with Crippen LogP contribution in [0.3, 0.4) is 0 Å². The normalized spacial score (nSPS) is 17.7. The van der Waals surface area contributed by atoms with E-state index in [-0.39, 0.29) is 12.1 Å². The number of anilines is 1. The standard InChI is InChI=1S/C15H25N3O/c1-15(2,7-12-19)17-13-5-10-18(11-6-13)14-3-8-16-9-4-14/h3-4,8-9,13,17,19H,5-7,10-12H2,1-2H3. The van der Waals surface area contributed by atoms with Gasteiger partial charge in [0.05, 0.1) is 0 Å². The predicted octanol–water partition coefficient (Wildman–Crippen LogP) is 1.80. The molecule has 1 aromatic rings. The van der Waals surface area contributed by atoms with E-state index in [1.807, 2.05) is 12.4 Å². The number of aliphatic hydroxyl groups excluding tert-OH is 1. The van der Waals surface area contributed by atoms with Gasteiger partial charge in [0.2, 0.25) is 0 Å². The van der Waals surface area contributed by atoms with Crippen LogP contribution in [-0.4, -0.2) is 41.4 Å². The van der Waals surface area contributed by atoms with E-state index in [0.29, 0.717) is 6.04 Å². The maximum absolute atomic E-state index is 9.07. The molecule has 0 saturated carbocycles. The molecule has 0 radical (unpaired) electrons. The summed E-state index contributed by atoms with van der Waals surface area (Å²) in [5.41, 5.74) is 1.29. The van der Waals surface area contributed by atoms with Crippen molar-refractivity contribution < 1.29 is 5.11 Å². The summed E-state index contributed by atoms with van der Waals surface area (Å²) < 4.78 is 0. The van der Waals surface area contributed by atoms with Crippen LogP contribution in [0.25, 0.3) is 0 Å². The number of aromatic nitrogens is 1. The molecule has 2 rings (SSSR count). The van der Waals surface area contributed by atoms with Gasteiger partial charge in [-0.3, -0.25) is 4.98 Å². The van der Waals surface area contributed by atoms with Gasteiger partial charge in [-0.05, 0) is 45.2 Å². The first-order valence-corrected chi connectivity index (χ1v) is 7.14. The van der Waals surface area contributed by atoms with Gasteiger partial charge in [-0.25, -0.2) is 0 Å². The van der Waals surface area contributed by atoms with Crippen molar-refractivity contribution in [1.29, 1.82) is 0 Å². The maximum atomic E-state index is 9.07. The van der Waals surface area contributed by atoms with Crippen LogP contribution in [-0.2, 0) is 0 Å². The van der Waals surface area contributed by atoms with Crippen molar-refractivity contribution in [1.82, 2.24) is 10.3 Å². The van der Waals surface area contributed by atoms with Crippen LogP contribution in [0, 0.1) is 0 Å². The second kappa shape index (κ2) is 6.35. The van der Waals surface area contributed by atoms with Crippen molar-refractivity contribution in [3.05, 3.63) is 24.5 Å². The molecule has 1 aliphatic rings. The Balaban J connectivity index is 1.83. The fourth-order valence-corrected chi connectivity index (χ4v) is 2.74. The molecule has 1 aromatic heterocycles. The zero-order valence-corrected chi connectivity index (χ0v) is 12.0. The highest BCUT2D eigenvalue weighted by molar-refractivity contribution is 5.44. The fraction of sp³-hybridized carbons (Fsp3) is 0.667. The van der Waals surface area contributed by atoms with E-state index in [4.69, 9.17) is 5.11 Å². The molecule has 0 spiro atoms. The Bertz CT molecular complexity index is 372. The van der Waals surface area contributed by atoms with Crippen LogP contribution < -0.4 is 10.2 Å². The molecule has 0 unspecified atom stereocenters. The zero-order valence-electron chi connectivity index (χ0n) is 12.0. The van der Waals surface area contributed by atoms with Gasteiger partial charge in [0.1, 0.15) is 0 Å². The Kier molecular flexibility index (Phi) is 4.77. The molecule has 2 N–H and O–H groups in total. The molecule has 0 amide bonds. The Labute approximate surface area is 115 Å².